The molecule has 0 amide bonds. The Morgan fingerprint density at radius 2 is 1.52 bits per heavy atom. The van der Waals surface area contributed by atoms with Crippen molar-refractivity contribution < 1.29 is 83.1 Å². The summed E-state index contributed by atoms with van der Waals surface area (Å²) in [5.41, 5.74) is 3.20. The summed E-state index contributed by atoms with van der Waals surface area (Å²) >= 11 is 0. The molecular weight excluding hydrogens is 908 g/mol. The Kier molecular flexibility index (Phi) is 17.9. The van der Waals surface area contributed by atoms with Gasteiger partial charge < -0.3 is 14.2 Å². The summed E-state index contributed by atoms with van der Waals surface area (Å²) in [4.78, 5) is 14.9. The Morgan fingerprint density at radius 1 is 1.07 bits per heavy atom. The summed E-state index contributed by atoms with van der Waals surface area (Å²) in [5, 5.41) is 10.7. The SMILES string of the molecule is C.C=C(N(C)C)n1[nH][n+](=O)c2ccccc21.FB(F)F.F[P-](F)(F)(F)(F)F.[3H][B][3H].[F-].[U].c1ccc2c(c1)nnn2OPN1CCCC1. The molecule has 1 atom stereocenters. The van der Waals surface area contributed by atoms with Gasteiger partial charge in [-0.05, 0) is 61.7 Å². The summed E-state index contributed by atoms with van der Waals surface area (Å²) in [6.07, 6.45) is 2.54. The van der Waals surface area contributed by atoms with Gasteiger partial charge in [0.1, 0.15) is 11.0 Å². The van der Waals surface area contributed by atoms with Crippen molar-refractivity contribution >= 4 is 60.5 Å². The Labute approximate surface area is 287 Å². The van der Waals surface area contributed by atoms with Gasteiger partial charge in [0.25, 0.3) is 0 Å². The molecule has 2 aromatic heterocycles. The quantitative estimate of drug-likeness (QED) is 0.143. The number of nitrogens with zero attached hydrogens (tertiary/aromatic N) is 7. The predicted octanol–water partition coefficient (Wildman–Crippen LogP) is 3.32. The summed E-state index contributed by atoms with van der Waals surface area (Å²) < 4.78 is 110. The fourth-order valence-electron chi connectivity index (χ4n) is 3.24. The number of aromatic amines is 1. The molecule has 1 radical (unpaired) electrons. The van der Waals surface area contributed by atoms with E-state index in [2.05, 4.69) is 26.8 Å². The topological polar surface area (TPSA) is 90.1 Å². The van der Waals surface area contributed by atoms with Gasteiger partial charge in [0.05, 0.1) is 12.9 Å². The molecule has 3 heterocycles. The van der Waals surface area contributed by atoms with Crippen molar-refractivity contribution in [1.82, 2.24) is 34.6 Å². The van der Waals surface area contributed by atoms with Crippen LogP contribution in [0.4, 0.5) is 38.1 Å². The number of aromatic nitrogens is 6. The third-order valence-corrected chi connectivity index (χ3v) is 5.95. The summed E-state index contributed by atoms with van der Waals surface area (Å²) in [7, 11) is -9.74. The Bertz CT molecular complexity index is 1560. The van der Waals surface area contributed by atoms with Crippen molar-refractivity contribution in [3.63, 3.8) is 0 Å². The zero-order chi connectivity index (χ0) is 34.5. The molecule has 1 saturated heterocycles. The van der Waals surface area contributed by atoms with E-state index >= 15 is 0 Å². The van der Waals surface area contributed by atoms with Crippen LogP contribution in [0.5, 0.6) is 0 Å². The van der Waals surface area contributed by atoms with Crippen LogP contribution in [0, 0.1) is 36.0 Å². The minimum absolute atomic E-state index is 0. The molecule has 0 spiro atoms. The number of nitrogens with one attached hydrogen (secondary N) is 1. The van der Waals surface area contributed by atoms with Crippen molar-refractivity contribution in [1.29, 1.82) is 2.67 Å². The van der Waals surface area contributed by atoms with Crippen LogP contribution in [0.25, 0.3) is 27.9 Å². The minimum atomic E-state index is -10.7. The minimum Gasteiger partial charge on any atom is -1.00 e. The van der Waals surface area contributed by atoms with Crippen LogP contribution < -0.4 is 13.9 Å². The van der Waals surface area contributed by atoms with Crippen LogP contribution in [-0.4, -0.2) is 80.4 Å². The first-order chi connectivity index (χ1) is 20.6. The maximum atomic E-state index is 11.5. The fourth-order valence-corrected chi connectivity index (χ4v) is 4.07. The van der Waals surface area contributed by atoms with Crippen LogP contribution in [0.3, 0.4) is 0 Å². The third kappa shape index (κ3) is 18.7. The molecule has 5 rings (SSSR count). The largest absolute Gasteiger partial charge is 1.00 e. The molecule has 2 aromatic carbocycles. The average Bonchev–Trinajstić information content (AvgIpc) is 3.65. The Balaban J connectivity index is -0.000000588. The van der Waals surface area contributed by atoms with E-state index in [4.69, 9.17) is 7.30 Å². The molecule has 0 aliphatic carbocycles. The number of rotatable bonds is 5. The zero-order valence-corrected chi connectivity index (χ0v) is 29.5. The number of benzene rings is 2. The third-order valence-electron chi connectivity index (χ3n) is 4.99. The van der Waals surface area contributed by atoms with Gasteiger partial charge in [0, 0.05) is 58.3 Å². The van der Waals surface area contributed by atoms with E-state index in [1.807, 2.05) is 61.5 Å². The Hall–Kier alpha value is -2.32. The van der Waals surface area contributed by atoms with Crippen molar-refractivity contribution in [3.8, 4) is 0 Å². The average molecular weight is 944 g/mol. The number of H-pyrrole nitrogens is 1. The fraction of sp³-hybridized carbons (Fsp3) is 0.333. The maximum absolute atomic E-state index is 11.5. The van der Waals surface area contributed by atoms with Gasteiger partial charge >= 0.3 is 40.5 Å². The summed E-state index contributed by atoms with van der Waals surface area (Å²) in [5.74, 6) is 0.709. The molecule has 1 fully saturated rings. The van der Waals surface area contributed by atoms with Crippen molar-refractivity contribution in [3.05, 3.63) is 60.0 Å². The molecule has 4 aromatic rings. The molecule has 1 aliphatic heterocycles. The van der Waals surface area contributed by atoms with E-state index in [-0.39, 0.29) is 43.2 Å². The molecule has 10 nitrogen and oxygen atoms in total. The first-order valence-electron chi connectivity index (χ1n) is 12.8. The second-order valence-electron chi connectivity index (χ2n) is 8.56. The first-order valence-corrected chi connectivity index (χ1v) is 14.6. The Morgan fingerprint density at radius 3 is 2.02 bits per heavy atom. The number of halogens is 10. The number of fused-ring (bicyclic) bond motifs is 2. The van der Waals surface area contributed by atoms with E-state index in [1.165, 1.54) is 17.7 Å². The van der Waals surface area contributed by atoms with Crippen LogP contribution in [-0.2, 0) is 0 Å². The van der Waals surface area contributed by atoms with Gasteiger partial charge in [-0.25, -0.2) is 0 Å². The molecule has 1 aliphatic rings. The normalized spacial score (nSPS) is 14.1. The summed E-state index contributed by atoms with van der Waals surface area (Å²) in [6.45, 7) is 6.15. The van der Waals surface area contributed by atoms with Crippen molar-refractivity contribution in [2.24, 2.45) is 0 Å². The van der Waals surface area contributed by atoms with Crippen LogP contribution >= 0.6 is 16.8 Å². The standard InChI is InChI=1S/C10H13N4OP.C10H13N4O.CH4.BF3.BH2.F6P.FH.U/c1-2-6-10-9(5-1)11-12-14(10)15-16-13-7-3-4-8-13;1-8(12(2)3)13-9-6-4-5-7-10(9)14(15)11-13;;2-1(3)4;;1-7(2,3,4,5)6;;/h1-2,5-6,16H,3-4,7-8H2;4-7H,1H2,2-3H3,(H,11,15);1H4;;1H2;;1H;/q;+1;;;;-1;;/p-1/i;;;;1T2;;;. The van der Waals surface area contributed by atoms with Gasteiger partial charge in [-0.15, -0.1) is 9.78 Å². The molecule has 0 saturated carbocycles. The smallest absolute Gasteiger partial charge is 0.183 e. The summed E-state index contributed by atoms with van der Waals surface area (Å²) in [6, 6.07) is 15.1. The van der Waals surface area contributed by atoms with Crippen molar-refractivity contribution in [2.45, 2.75) is 20.3 Å². The predicted molar refractivity (Wildman–Crippen MR) is 160 cm³/mol. The number of hydrogen-bond acceptors (Lipinski definition) is 6. The monoisotopic (exact) mass is 944 g/mol. The van der Waals surface area contributed by atoms with E-state index < -0.39 is 15.4 Å². The second kappa shape index (κ2) is 18.9. The van der Waals surface area contributed by atoms with E-state index in [1.54, 1.807) is 10.7 Å². The zero-order valence-electron chi connectivity index (χ0n) is 25.5. The number of para-hydroxylation sites is 3. The van der Waals surface area contributed by atoms with E-state index in [9.17, 15) is 43.0 Å². The van der Waals surface area contributed by atoms with Gasteiger partial charge in [-0.2, -0.15) is 0 Å². The van der Waals surface area contributed by atoms with Gasteiger partial charge in [0.2, 0.25) is 16.9 Å². The first kappa shape index (κ1) is 43.7. The van der Waals surface area contributed by atoms with Crippen molar-refractivity contribution in [2.75, 3.05) is 27.2 Å². The maximum Gasteiger partial charge on any atom is 0.183 e. The molecule has 1 N–H and O–H groups in total. The van der Waals surface area contributed by atoms with E-state index in [0.29, 0.717) is 28.6 Å². The molecule has 46 heavy (non-hydrogen) atoms. The molecule has 1 unspecified atom stereocenters. The van der Waals surface area contributed by atoms with Gasteiger partial charge in [-0.3, -0.25) is 17.6 Å². The molecule has 25 heteroatoms. The number of hydrogen-bond donors (Lipinski definition) is 1. The van der Waals surface area contributed by atoms with Crippen LogP contribution in [0.1, 0.15) is 20.3 Å². The second-order valence-corrected chi connectivity index (χ2v) is 11.5. The van der Waals surface area contributed by atoms with Crippen LogP contribution in [0.15, 0.2) is 55.1 Å². The van der Waals surface area contributed by atoms with Crippen LogP contribution in [0.2, 0.25) is 0 Å². The van der Waals surface area contributed by atoms with Gasteiger partial charge in [0.15, 0.2) is 8.96 Å². The van der Waals surface area contributed by atoms with Gasteiger partial charge in [-0.1, -0.05) is 36.5 Å². The molecule has 0 bridgehead atoms. The molecular formula is C21H32B2F10N8O2P2U-. The molecule has 259 valence electrons. The van der Waals surface area contributed by atoms with E-state index in [0.717, 1.165) is 34.2 Å².